The van der Waals surface area contributed by atoms with E-state index in [9.17, 15) is 4.39 Å². The van der Waals surface area contributed by atoms with Crippen LogP contribution < -0.4 is 5.32 Å². The molecule has 0 bridgehead atoms. The van der Waals surface area contributed by atoms with E-state index in [-0.39, 0.29) is 5.02 Å². The first kappa shape index (κ1) is 11.1. The molecular formula is C10H12ClFN2. The number of rotatable bonds is 4. The summed E-state index contributed by atoms with van der Waals surface area (Å²) >= 11 is 5.57. The molecule has 76 valence electrons. The van der Waals surface area contributed by atoms with Gasteiger partial charge in [-0.25, -0.2) is 4.98 Å². The van der Waals surface area contributed by atoms with Gasteiger partial charge in [-0.3, -0.25) is 0 Å². The van der Waals surface area contributed by atoms with Gasteiger partial charge in [0.2, 0.25) is 5.95 Å². The van der Waals surface area contributed by atoms with Gasteiger partial charge in [0.1, 0.15) is 0 Å². The van der Waals surface area contributed by atoms with E-state index in [0.29, 0.717) is 0 Å². The first-order valence-electron chi connectivity index (χ1n) is 4.36. The molecule has 0 aliphatic carbocycles. The summed E-state index contributed by atoms with van der Waals surface area (Å²) in [5, 5.41) is 3.08. The van der Waals surface area contributed by atoms with E-state index < -0.39 is 5.95 Å². The lowest BCUT2D eigenvalue weighted by Crippen LogP contribution is -2.05. The van der Waals surface area contributed by atoms with Crippen molar-refractivity contribution in [1.82, 2.24) is 10.3 Å². The van der Waals surface area contributed by atoms with Crippen molar-refractivity contribution in [2.75, 3.05) is 13.6 Å². The summed E-state index contributed by atoms with van der Waals surface area (Å²) in [7, 11) is 1.89. The van der Waals surface area contributed by atoms with Gasteiger partial charge < -0.3 is 5.32 Å². The zero-order valence-corrected chi connectivity index (χ0v) is 8.68. The van der Waals surface area contributed by atoms with Gasteiger partial charge in [0.15, 0.2) is 0 Å². The van der Waals surface area contributed by atoms with Gasteiger partial charge in [-0.15, -0.1) is 0 Å². The maximum Gasteiger partial charge on any atom is 0.231 e. The summed E-state index contributed by atoms with van der Waals surface area (Å²) in [6.07, 6.45) is 6.24. The Morgan fingerprint density at radius 3 is 3.07 bits per heavy atom. The molecule has 0 aromatic carbocycles. The fourth-order valence-corrected chi connectivity index (χ4v) is 1.15. The molecule has 0 aliphatic heterocycles. The van der Waals surface area contributed by atoms with E-state index in [1.54, 1.807) is 6.07 Å². The largest absolute Gasteiger partial charge is 0.319 e. The van der Waals surface area contributed by atoms with Crippen LogP contribution in [0.3, 0.4) is 0 Å². The molecule has 0 fully saturated rings. The second kappa shape index (κ2) is 5.73. The monoisotopic (exact) mass is 214 g/mol. The van der Waals surface area contributed by atoms with Crippen molar-refractivity contribution in [3.05, 3.63) is 34.9 Å². The van der Waals surface area contributed by atoms with E-state index in [1.165, 1.54) is 6.20 Å². The second-order valence-electron chi connectivity index (χ2n) is 2.84. The maximum absolute atomic E-state index is 12.7. The topological polar surface area (TPSA) is 24.9 Å². The highest BCUT2D eigenvalue weighted by atomic mass is 35.5. The Balaban J connectivity index is 2.59. The Morgan fingerprint density at radius 1 is 1.64 bits per heavy atom. The summed E-state index contributed by atoms with van der Waals surface area (Å²) < 4.78 is 12.7. The maximum atomic E-state index is 12.7. The van der Waals surface area contributed by atoms with Gasteiger partial charge in [0.05, 0.1) is 5.02 Å². The zero-order chi connectivity index (χ0) is 10.4. The number of aromatic nitrogens is 1. The molecule has 0 radical (unpaired) electrons. The first-order valence-corrected chi connectivity index (χ1v) is 4.74. The van der Waals surface area contributed by atoms with E-state index in [0.717, 1.165) is 18.5 Å². The number of hydrogen-bond acceptors (Lipinski definition) is 2. The molecule has 0 spiro atoms. The van der Waals surface area contributed by atoms with Crippen LogP contribution in [-0.4, -0.2) is 18.6 Å². The molecule has 1 aromatic heterocycles. The Kier molecular flexibility index (Phi) is 4.56. The molecule has 4 heteroatoms. The molecule has 14 heavy (non-hydrogen) atoms. The summed E-state index contributed by atoms with van der Waals surface area (Å²) in [5.41, 5.74) is 0.813. The van der Waals surface area contributed by atoms with Gasteiger partial charge in [-0.2, -0.15) is 4.39 Å². The van der Waals surface area contributed by atoms with Crippen LogP contribution in [0.2, 0.25) is 5.02 Å². The van der Waals surface area contributed by atoms with Crippen LogP contribution in [-0.2, 0) is 0 Å². The summed E-state index contributed by atoms with van der Waals surface area (Å²) in [6, 6.07) is 1.56. The van der Waals surface area contributed by atoms with Crippen molar-refractivity contribution in [2.24, 2.45) is 0 Å². The van der Waals surface area contributed by atoms with Crippen LogP contribution in [0.15, 0.2) is 18.3 Å². The van der Waals surface area contributed by atoms with Crippen LogP contribution in [0.4, 0.5) is 4.39 Å². The van der Waals surface area contributed by atoms with Crippen LogP contribution in [0.5, 0.6) is 0 Å². The Bertz CT molecular complexity index is 326. The van der Waals surface area contributed by atoms with E-state index in [4.69, 9.17) is 11.6 Å². The molecule has 1 N–H and O–H groups in total. The molecule has 0 amide bonds. The van der Waals surface area contributed by atoms with Crippen LogP contribution >= 0.6 is 11.6 Å². The zero-order valence-electron chi connectivity index (χ0n) is 7.93. The van der Waals surface area contributed by atoms with E-state index in [2.05, 4.69) is 10.3 Å². The minimum absolute atomic E-state index is 0.0563. The third kappa shape index (κ3) is 3.44. The van der Waals surface area contributed by atoms with Crippen molar-refractivity contribution in [1.29, 1.82) is 0 Å². The molecule has 1 heterocycles. The summed E-state index contributed by atoms with van der Waals surface area (Å²) in [5.74, 6) is -0.626. The third-order valence-electron chi connectivity index (χ3n) is 1.69. The molecular weight excluding hydrogens is 203 g/mol. The molecule has 1 aromatic rings. The van der Waals surface area contributed by atoms with Gasteiger partial charge in [-0.05, 0) is 31.6 Å². The van der Waals surface area contributed by atoms with Crippen molar-refractivity contribution in [2.45, 2.75) is 6.42 Å². The van der Waals surface area contributed by atoms with Crippen molar-refractivity contribution >= 4 is 17.7 Å². The fourth-order valence-electron chi connectivity index (χ4n) is 0.974. The Labute approximate surface area is 87.8 Å². The van der Waals surface area contributed by atoms with Crippen molar-refractivity contribution in [3.63, 3.8) is 0 Å². The van der Waals surface area contributed by atoms with Gasteiger partial charge >= 0.3 is 0 Å². The van der Waals surface area contributed by atoms with E-state index in [1.807, 2.05) is 19.2 Å². The molecule has 0 saturated carbocycles. The lowest BCUT2D eigenvalue weighted by atomic mass is 10.2. The molecule has 0 atom stereocenters. The number of halogens is 2. The van der Waals surface area contributed by atoms with Crippen LogP contribution in [0.1, 0.15) is 12.0 Å². The first-order chi connectivity index (χ1) is 6.74. The van der Waals surface area contributed by atoms with E-state index >= 15 is 0 Å². The molecule has 0 aliphatic rings. The second-order valence-corrected chi connectivity index (χ2v) is 3.24. The van der Waals surface area contributed by atoms with Crippen LogP contribution in [0, 0.1) is 5.95 Å². The van der Waals surface area contributed by atoms with Crippen LogP contribution in [0.25, 0.3) is 6.08 Å². The molecule has 0 saturated heterocycles. The Hall–Kier alpha value is -0.930. The smallest absolute Gasteiger partial charge is 0.231 e. The average molecular weight is 215 g/mol. The number of hydrogen-bond donors (Lipinski definition) is 1. The number of pyridine rings is 1. The van der Waals surface area contributed by atoms with Crippen molar-refractivity contribution in [3.8, 4) is 0 Å². The average Bonchev–Trinajstić information content (AvgIpc) is 2.18. The van der Waals surface area contributed by atoms with Gasteiger partial charge in [0.25, 0.3) is 0 Å². The predicted octanol–water partition coefficient (Wildman–Crippen LogP) is 2.50. The predicted molar refractivity (Wildman–Crippen MR) is 56.8 cm³/mol. The normalized spacial score (nSPS) is 11.1. The highest BCUT2D eigenvalue weighted by Crippen LogP contribution is 2.14. The third-order valence-corrected chi connectivity index (χ3v) is 1.95. The molecule has 2 nitrogen and oxygen atoms in total. The standard InChI is InChI=1S/C10H12ClFN2/c1-13-5-3-2-4-8-6-9(11)10(12)14-7-8/h2,4,6-7,13H,3,5H2,1H3. The fraction of sp³-hybridized carbons (Fsp3) is 0.300. The molecule has 0 unspecified atom stereocenters. The highest BCUT2D eigenvalue weighted by molar-refractivity contribution is 6.30. The SMILES string of the molecule is CNCCC=Cc1cnc(F)c(Cl)c1. The summed E-state index contributed by atoms with van der Waals surface area (Å²) in [4.78, 5) is 3.51. The number of nitrogens with one attached hydrogen (secondary N) is 1. The van der Waals surface area contributed by atoms with Gasteiger partial charge in [0, 0.05) is 6.20 Å². The van der Waals surface area contributed by atoms with Crippen molar-refractivity contribution < 1.29 is 4.39 Å². The molecule has 1 rings (SSSR count). The Morgan fingerprint density at radius 2 is 2.43 bits per heavy atom. The number of nitrogens with zero attached hydrogens (tertiary/aromatic N) is 1. The summed E-state index contributed by atoms with van der Waals surface area (Å²) in [6.45, 7) is 0.916. The lowest BCUT2D eigenvalue weighted by molar-refractivity contribution is 0.584. The quantitative estimate of drug-likeness (QED) is 0.616. The lowest BCUT2D eigenvalue weighted by Gasteiger charge is -1.95. The highest BCUT2D eigenvalue weighted by Gasteiger charge is 1.99. The van der Waals surface area contributed by atoms with Gasteiger partial charge in [-0.1, -0.05) is 23.8 Å². The minimum Gasteiger partial charge on any atom is -0.319 e. The minimum atomic E-state index is -0.626.